The Morgan fingerprint density at radius 1 is 0.737 bits per heavy atom. The Morgan fingerprint density at radius 2 is 1.39 bits per heavy atom. The van der Waals surface area contributed by atoms with Gasteiger partial charge in [-0.3, -0.25) is 0 Å². The standard InChI is InChI=1S/C36H44O2/c1-5-8-10-11-21-36(24-25(7-3)12-9-6-2)34-30-19-15-28(37)22-26(30)13-17-32(34)33-18-14-27-23-29(38-4)16-20-31(27)35(33)36/h13-20,22-23,25,37H,5-12,21,24H2,1-4H3. The number of hydrogen-bond acceptors (Lipinski definition) is 2. The van der Waals surface area contributed by atoms with Crippen LogP contribution in [-0.2, 0) is 5.41 Å². The summed E-state index contributed by atoms with van der Waals surface area (Å²) in [5.74, 6) is 1.94. The van der Waals surface area contributed by atoms with Gasteiger partial charge in [0.15, 0.2) is 0 Å². The molecule has 0 bridgehead atoms. The second-order valence-corrected chi connectivity index (χ2v) is 11.5. The van der Waals surface area contributed by atoms with Crippen molar-refractivity contribution >= 4 is 21.5 Å². The molecule has 2 heteroatoms. The van der Waals surface area contributed by atoms with Crippen LogP contribution in [0.4, 0.5) is 0 Å². The number of aromatic hydroxyl groups is 1. The minimum atomic E-state index is -0.0442. The van der Waals surface area contributed by atoms with Gasteiger partial charge in [0.1, 0.15) is 11.5 Å². The molecule has 2 unspecified atom stereocenters. The van der Waals surface area contributed by atoms with Crippen molar-refractivity contribution in [1.29, 1.82) is 0 Å². The van der Waals surface area contributed by atoms with Gasteiger partial charge >= 0.3 is 0 Å². The molecule has 200 valence electrons. The lowest BCUT2D eigenvalue weighted by Crippen LogP contribution is -2.29. The molecule has 38 heavy (non-hydrogen) atoms. The van der Waals surface area contributed by atoms with Crippen molar-refractivity contribution in [2.45, 2.75) is 90.4 Å². The molecule has 4 aromatic carbocycles. The summed E-state index contributed by atoms with van der Waals surface area (Å²) in [7, 11) is 1.75. The van der Waals surface area contributed by atoms with Crippen molar-refractivity contribution in [2.24, 2.45) is 5.92 Å². The average molecular weight is 509 g/mol. The van der Waals surface area contributed by atoms with E-state index in [0.29, 0.717) is 11.7 Å². The molecule has 0 fully saturated rings. The summed E-state index contributed by atoms with van der Waals surface area (Å²) in [5.41, 5.74) is 5.77. The number of phenols is 1. The van der Waals surface area contributed by atoms with Gasteiger partial charge in [0.25, 0.3) is 0 Å². The van der Waals surface area contributed by atoms with Crippen LogP contribution in [0.5, 0.6) is 11.5 Å². The minimum Gasteiger partial charge on any atom is -0.508 e. The summed E-state index contributed by atoms with van der Waals surface area (Å²) >= 11 is 0. The zero-order valence-corrected chi connectivity index (χ0v) is 23.8. The second kappa shape index (κ2) is 11.4. The van der Waals surface area contributed by atoms with Gasteiger partial charge in [-0.1, -0.05) is 109 Å². The fourth-order valence-electron chi connectivity index (χ4n) is 7.20. The van der Waals surface area contributed by atoms with E-state index in [1.165, 1.54) is 103 Å². The Kier molecular flexibility index (Phi) is 7.98. The van der Waals surface area contributed by atoms with E-state index in [4.69, 9.17) is 4.74 Å². The lowest BCUT2D eigenvalue weighted by Gasteiger charge is -2.37. The lowest BCUT2D eigenvalue weighted by atomic mass is 9.66. The van der Waals surface area contributed by atoms with Gasteiger partial charge in [0.2, 0.25) is 0 Å². The number of fused-ring (bicyclic) bond motifs is 7. The summed E-state index contributed by atoms with van der Waals surface area (Å²) in [6, 6.07) is 21.8. The molecule has 2 nitrogen and oxygen atoms in total. The Hall–Kier alpha value is -3.00. The molecule has 5 rings (SSSR count). The first-order valence-electron chi connectivity index (χ1n) is 14.9. The maximum Gasteiger partial charge on any atom is 0.119 e. The van der Waals surface area contributed by atoms with Gasteiger partial charge in [-0.15, -0.1) is 0 Å². The maximum atomic E-state index is 10.3. The monoisotopic (exact) mass is 508 g/mol. The van der Waals surface area contributed by atoms with Gasteiger partial charge in [-0.05, 0) is 86.8 Å². The molecular weight excluding hydrogens is 464 g/mol. The topological polar surface area (TPSA) is 29.5 Å². The molecule has 0 aliphatic heterocycles. The number of phenolic OH excluding ortho intramolecular Hbond substituents is 1. The fraction of sp³-hybridized carbons (Fsp3) is 0.444. The Morgan fingerprint density at radius 3 is 2.03 bits per heavy atom. The van der Waals surface area contributed by atoms with Gasteiger partial charge in [-0.25, -0.2) is 0 Å². The second-order valence-electron chi connectivity index (χ2n) is 11.5. The van der Waals surface area contributed by atoms with Crippen molar-refractivity contribution in [3.05, 3.63) is 71.8 Å². The molecule has 1 aliphatic carbocycles. The number of unbranched alkanes of at least 4 members (excludes halogenated alkanes) is 4. The molecule has 0 amide bonds. The highest BCUT2D eigenvalue weighted by Crippen LogP contribution is 2.59. The lowest BCUT2D eigenvalue weighted by molar-refractivity contribution is 0.313. The van der Waals surface area contributed by atoms with Crippen molar-refractivity contribution in [3.8, 4) is 22.6 Å². The molecule has 0 spiro atoms. The largest absolute Gasteiger partial charge is 0.508 e. The molecular formula is C36H44O2. The highest BCUT2D eigenvalue weighted by atomic mass is 16.5. The third kappa shape index (κ3) is 4.68. The summed E-state index contributed by atoms with van der Waals surface area (Å²) in [4.78, 5) is 0. The van der Waals surface area contributed by atoms with Crippen LogP contribution >= 0.6 is 0 Å². The van der Waals surface area contributed by atoms with Crippen LogP contribution in [-0.4, -0.2) is 12.2 Å². The summed E-state index contributed by atoms with van der Waals surface area (Å²) in [6.07, 6.45) is 12.4. The van der Waals surface area contributed by atoms with Gasteiger partial charge in [0, 0.05) is 5.41 Å². The van der Waals surface area contributed by atoms with Crippen LogP contribution in [0.3, 0.4) is 0 Å². The highest BCUT2D eigenvalue weighted by molar-refractivity contribution is 6.04. The number of rotatable bonds is 12. The van der Waals surface area contributed by atoms with E-state index >= 15 is 0 Å². The van der Waals surface area contributed by atoms with Crippen LogP contribution in [0.2, 0.25) is 0 Å². The highest BCUT2D eigenvalue weighted by Gasteiger charge is 2.45. The van der Waals surface area contributed by atoms with Gasteiger partial charge in [-0.2, -0.15) is 0 Å². The molecule has 2 atom stereocenters. The van der Waals surface area contributed by atoms with E-state index in [1.54, 1.807) is 7.11 Å². The molecule has 0 radical (unpaired) electrons. The number of benzene rings is 4. The van der Waals surface area contributed by atoms with E-state index < -0.39 is 0 Å². The smallest absolute Gasteiger partial charge is 0.119 e. The van der Waals surface area contributed by atoms with Gasteiger partial charge in [0.05, 0.1) is 7.11 Å². The summed E-state index contributed by atoms with van der Waals surface area (Å²) in [6.45, 7) is 7.00. The van der Waals surface area contributed by atoms with E-state index in [-0.39, 0.29) is 5.41 Å². The fourth-order valence-corrected chi connectivity index (χ4v) is 7.20. The first-order chi connectivity index (χ1) is 18.6. The summed E-state index contributed by atoms with van der Waals surface area (Å²) < 4.78 is 5.62. The molecule has 0 saturated heterocycles. The van der Waals surface area contributed by atoms with Crippen LogP contribution in [0.25, 0.3) is 32.7 Å². The molecule has 1 aliphatic rings. The third-order valence-corrected chi connectivity index (χ3v) is 9.12. The van der Waals surface area contributed by atoms with Crippen LogP contribution < -0.4 is 4.74 Å². The SMILES string of the molecule is CCCCCCC1(CC(CC)CCCC)c2c(ccc3cc(O)ccc23)-c2ccc3cc(OC)ccc3c21. The number of methoxy groups -OCH3 is 1. The van der Waals surface area contributed by atoms with Crippen molar-refractivity contribution < 1.29 is 9.84 Å². The Balaban J connectivity index is 1.81. The first kappa shape index (κ1) is 26.6. The van der Waals surface area contributed by atoms with E-state index in [0.717, 1.165) is 11.1 Å². The van der Waals surface area contributed by atoms with E-state index in [1.807, 2.05) is 12.1 Å². The zero-order chi connectivity index (χ0) is 26.7. The first-order valence-corrected chi connectivity index (χ1v) is 14.9. The van der Waals surface area contributed by atoms with E-state index in [2.05, 4.69) is 69.3 Å². The zero-order valence-electron chi connectivity index (χ0n) is 23.8. The Labute approximate surface area is 229 Å². The predicted octanol–water partition coefficient (Wildman–Crippen LogP) is 10.6. The number of hydrogen-bond donors (Lipinski definition) is 1. The quantitative estimate of drug-likeness (QED) is 0.193. The minimum absolute atomic E-state index is 0.0442. The molecule has 0 aromatic heterocycles. The van der Waals surface area contributed by atoms with Crippen molar-refractivity contribution in [3.63, 3.8) is 0 Å². The Bertz CT molecular complexity index is 1420. The predicted molar refractivity (Wildman–Crippen MR) is 163 cm³/mol. The van der Waals surface area contributed by atoms with E-state index in [9.17, 15) is 5.11 Å². The van der Waals surface area contributed by atoms with Crippen LogP contribution in [0.15, 0.2) is 60.7 Å². The molecule has 0 saturated carbocycles. The van der Waals surface area contributed by atoms with Gasteiger partial charge < -0.3 is 9.84 Å². The third-order valence-electron chi connectivity index (χ3n) is 9.12. The molecule has 1 N–H and O–H groups in total. The average Bonchev–Trinajstić information content (AvgIpc) is 3.22. The maximum absolute atomic E-state index is 10.3. The van der Waals surface area contributed by atoms with Crippen LogP contribution in [0.1, 0.15) is 96.1 Å². The normalized spacial score (nSPS) is 17.1. The summed E-state index contributed by atoms with van der Waals surface area (Å²) in [5, 5.41) is 15.4. The van der Waals surface area contributed by atoms with Crippen LogP contribution in [0, 0.1) is 5.92 Å². The number of ether oxygens (including phenoxy) is 1. The molecule has 0 heterocycles. The van der Waals surface area contributed by atoms with Crippen molar-refractivity contribution in [1.82, 2.24) is 0 Å². The molecule has 4 aromatic rings. The van der Waals surface area contributed by atoms with Crippen molar-refractivity contribution in [2.75, 3.05) is 7.11 Å².